The summed E-state index contributed by atoms with van der Waals surface area (Å²) in [6.07, 6.45) is 3.82. The maximum Gasteiger partial charge on any atom is 0.223 e. The van der Waals surface area contributed by atoms with Crippen LogP contribution in [0.3, 0.4) is 0 Å². The first kappa shape index (κ1) is 26.3. The van der Waals surface area contributed by atoms with Crippen molar-refractivity contribution in [3.63, 3.8) is 0 Å². The fourth-order valence-electron chi connectivity index (χ4n) is 3.54. The number of hydrogen-bond donors (Lipinski definition) is 3. The van der Waals surface area contributed by atoms with Crippen molar-refractivity contribution in [3.05, 3.63) is 24.3 Å². The summed E-state index contributed by atoms with van der Waals surface area (Å²) < 4.78 is 11.2. The van der Waals surface area contributed by atoms with Crippen molar-refractivity contribution in [1.82, 2.24) is 16.0 Å². The van der Waals surface area contributed by atoms with E-state index in [1.807, 2.05) is 45.0 Å². The van der Waals surface area contributed by atoms with Gasteiger partial charge in [0.25, 0.3) is 0 Å². The summed E-state index contributed by atoms with van der Waals surface area (Å²) in [6.45, 7) is 6.61. The number of ether oxygens (including phenoxy) is 2. The summed E-state index contributed by atoms with van der Waals surface area (Å²) in [7, 11) is 3.40. The zero-order chi connectivity index (χ0) is 21.2. The first-order chi connectivity index (χ1) is 13.9. The number of benzene rings is 1. The van der Waals surface area contributed by atoms with E-state index in [0.717, 1.165) is 43.1 Å². The zero-order valence-corrected chi connectivity index (χ0v) is 21.1. The Kier molecular flexibility index (Phi) is 11.9. The fourth-order valence-corrected chi connectivity index (χ4v) is 3.54. The smallest absolute Gasteiger partial charge is 0.223 e. The molecule has 30 heavy (non-hydrogen) atoms. The van der Waals surface area contributed by atoms with Crippen LogP contribution in [0.5, 0.6) is 11.5 Å². The number of amides is 1. The number of rotatable bonds is 8. The van der Waals surface area contributed by atoms with Crippen LogP contribution in [0.25, 0.3) is 0 Å². The molecule has 8 heteroatoms. The number of methoxy groups -OCH3 is 1. The number of nitrogens with zero attached hydrogens (tertiary/aromatic N) is 1. The molecule has 1 aliphatic rings. The summed E-state index contributed by atoms with van der Waals surface area (Å²) in [5, 5.41) is 9.82. The Bertz CT molecular complexity index is 684. The van der Waals surface area contributed by atoms with Gasteiger partial charge in [-0.3, -0.25) is 9.79 Å². The zero-order valence-electron chi connectivity index (χ0n) is 18.7. The van der Waals surface area contributed by atoms with Crippen LogP contribution in [0.2, 0.25) is 0 Å². The number of aliphatic imine (C=N–C) groups is 1. The Labute approximate surface area is 197 Å². The van der Waals surface area contributed by atoms with Gasteiger partial charge >= 0.3 is 0 Å². The minimum Gasteiger partial charge on any atom is -0.497 e. The van der Waals surface area contributed by atoms with E-state index < -0.39 is 0 Å². The lowest BCUT2D eigenvalue weighted by molar-refractivity contribution is -0.126. The highest BCUT2D eigenvalue weighted by molar-refractivity contribution is 14.0. The monoisotopic (exact) mass is 532 g/mol. The second-order valence-electron chi connectivity index (χ2n) is 7.93. The Morgan fingerprint density at radius 3 is 2.63 bits per heavy atom. The van der Waals surface area contributed by atoms with E-state index in [1.54, 1.807) is 14.2 Å². The van der Waals surface area contributed by atoms with Crippen LogP contribution in [0.1, 0.15) is 46.5 Å². The van der Waals surface area contributed by atoms with Crippen LogP contribution in [0.15, 0.2) is 29.3 Å². The quantitative estimate of drug-likeness (QED) is 0.272. The molecule has 0 aliphatic heterocycles. The lowest BCUT2D eigenvalue weighted by Gasteiger charge is -2.30. The molecule has 1 amide bonds. The Balaban J connectivity index is 0.00000450. The first-order valence-electron chi connectivity index (χ1n) is 10.5. The first-order valence-corrected chi connectivity index (χ1v) is 10.5. The number of carbonyl (C=O) groups excluding carboxylic acids is 1. The van der Waals surface area contributed by atoms with Gasteiger partial charge in [0, 0.05) is 31.1 Å². The summed E-state index contributed by atoms with van der Waals surface area (Å²) >= 11 is 0. The number of guanidine groups is 1. The third-order valence-corrected chi connectivity index (χ3v) is 4.98. The lowest BCUT2D eigenvalue weighted by Crippen LogP contribution is -2.49. The van der Waals surface area contributed by atoms with Gasteiger partial charge in [-0.2, -0.15) is 0 Å². The molecule has 3 atom stereocenters. The molecule has 0 saturated heterocycles. The van der Waals surface area contributed by atoms with Crippen molar-refractivity contribution in [2.45, 2.75) is 64.6 Å². The molecule has 0 spiro atoms. The molecule has 0 aromatic heterocycles. The molecule has 2 rings (SSSR count). The lowest BCUT2D eigenvalue weighted by atomic mass is 9.85. The predicted molar refractivity (Wildman–Crippen MR) is 132 cm³/mol. The van der Waals surface area contributed by atoms with Crippen LogP contribution >= 0.6 is 24.0 Å². The second kappa shape index (κ2) is 13.6. The van der Waals surface area contributed by atoms with E-state index in [0.29, 0.717) is 6.54 Å². The van der Waals surface area contributed by atoms with Gasteiger partial charge in [-0.05, 0) is 52.2 Å². The van der Waals surface area contributed by atoms with Crippen molar-refractivity contribution in [1.29, 1.82) is 0 Å². The molecule has 1 aromatic carbocycles. The average molecular weight is 532 g/mol. The summed E-state index contributed by atoms with van der Waals surface area (Å²) in [5.41, 5.74) is 0. The van der Waals surface area contributed by atoms with Crippen molar-refractivity contribution in [2.24, 2.45) is 10.9 Å². The minimum atomic E-state index is -0.0448. The van der Waals surface area contributed by atoms with Gasteiger partial charge in [0.15, 0.2) is 5.96 Å². The number of halogens is 1. The SMILES string of the molecule is CN=C(NCC(C)Oc1cccc(OC)c1)NC1CCCC(C(=O)NC(C)C)C1.I. The molecule has 1 aliphatic carbocycles. The van der Waals surface area contributed by atoms with Crippen LogP contribution in [0.4, 0.5) is 0 Å². The third-order valence-electron chi connectivity index (χ3n) is 4.98. The topological polar surface area (TPSA) is 84.0 Å². The molecule has 1 fully saturated rings. The summed E-state index contributed by atoms with van der Waals surface area (Å²) in [4.78, 5) is 16.7. The van der Waals surface area contributed by atoms with Crippen molar-refractivity contribution in [3.8, 4) is 11.5 Å². The van der Waals surface area contributed by atoms with E-state index in [2.05, 4.69) is 20.9 Å². The largest absolute Gasteiger partial charge is 0.497 e. The molecule has 0 radical (unpaired) electrons. The van der Waals surface area contributed by atoms with Gasteiger partial charge < -0.3 is 25.4 Å². The molecule has 1 saturated carbocycles. The van der Waals surface area contributed by atoms with Gasteiger partial charge in [-0.1, -0.05) is 12.5 Å². The van der Waals surface area contributed by atoms with Crippen molar-refractivity contribution < 1.29 is 14.3 Å². The maximum absolute atomic E-state index is 12.3. The van der Waals surface area contributed by atoms with Gasteiger partial charge in [0.2, 0.25) is 5.91 Å². The molecule has 7 nitrogen and oxygen atoms in total. The van der Waals surface area contributed by atoms with Crippen LogP contribution < -0.4 is 25.4 Å². The highest BCUT2D eigenvalue weighted by Crippen LogP contribution is 2.24. The highest BCUT2D eigenvalue weighted by atomic mass is 127. The Morgan fingerprint density at radius 2 is 1.97 bits per heavy atom. The van der Waals surface area contributed by atoms with Crippen LogP contribution in [-0.4, -0.2) is 50.8 Å². The molecular weight excluding hydrogens is 495 g/mol. The molecule has 3 unspecified atom stereocenters. The molecule has 3 N–H and O–H groups in total. The van der Waals surface area contributed by atoms with Crippen LogP contribution in [-0.2, 0) is 4.79 Å². The van der Waals surface area contributed by atoms with Gasteiger partial charge in [-0.15, -0.1) is 24.0 Å². The second-order valence-corrected chi connectivity index (χ2v) is 7.93. The third kappa shape index (κ3) is 8.97. The number of hydrogen-bond acceptors (Lipinski definition) is 4. The summed E-state index contributed by atoms with van der Waals surface area (Å²) in [6, 6.07) is 8.00. The molecule has 1 aromatic rings. The van der Waals surface area contributed by atoms with Gasteiger partial charge in [0.05, 0.1) is 13.7 Å². The maximum atomic E-state index is 12.3. The standard InChI is InChI=1S/C22H36N4O3.HI/c1-15(2)25-21(27)17-8-6-9-18(12-17)26-22(23-4)24-14-16(3)29-20-11-7-10-19(13-20)28-5;/h7,10-11,13,15-18H,6,8-9,12,14H2,1-5H3,(H,25,27)(H2,23,24,26);1H. The normalized spacial score (nSPS) is 20.0. The summed E-state index contributed by atoms with van der Waals surface area (Å²) in [5.74, 6) is 2.51. The van der Waals surface area contributed by atoms with E-state index >= 15 is 0 Å². The molecule has 170 valence electrons. The molecule has 0 bridgehead atoms. The highest BCUT2D eigenvalue weighted by Gasteiger charge is 2.28. The predicted octanol–water partition coefficient (Wildman–Crippen LogP) is 3.33. The van der Waals surface area contributed by atoms with E-state index in [1.165, 1.54) is 0 Å². The van der Waals surface area contributed by atoms with E-state index in [9.17, 15) is 4.79 Å². The molecular formula is C22H37IN4O3. The van der Waals surface area contributed by atoms with Crippen molar-refractivity contribution in [2.75, 3.05) is 20.7 Å². The van der Waals surface area contributed by atoms with E-state index in [-0.39, 0.29) is 54.0 Å². The number of carbonyl (C=O) groups is 1. The van der Waals surface area contributed by atoms with Gasteiger partial charge in [-0.25, -0.2) is 0 Å². The van der Waals surface area contributed by atoms with Gasteiger partial charge in [0.1, 0.15) is 17.6 Å². The van der Waals surface area contributed by atoms with Crippen LogP contribution in [0, 0.1) is 5.92 Å². The van der Waals surface area contributed by atoms with Crippen molar-refractivity contribution >= 4 is 35.8 Å². The Morgan fingerprint density at radius 1 is 1.23 bits per heavy atom. The minimum absolute atomic E-state index is 0. The average Bonchev–Trinajstić information content (AvgIpc) is 2.71. The van der Waals surface area contributed by atoms with E-state index in [4.69, 9.17) is 9.47 Å². The Hall–Kier alpha value is -1.71. The fraction of sp³-hybridized carbons (Fsp3) is 0.636. The molecule has 0 heterocycles. The number of nitrogens with one attached hydrogen (secondary N) is 3.